The van der Waals surface area contributed by atoms with Gasteiger partial charge in [-0.25, -0.2) is 8.42 Å². The number of sulfone groups is 1. The molecule has 2 N–H and O–H groups in total. The van der Waals surface area contributed by atoms with Crippen LogP contribution in [0.2, 0.25) is 0 Å². The van der Waals surface area contributed by atoms with Crippen molar-refractivity contribution in [3.8, 4) is 0 Å². The fraction of sp³-hybridized carbons (Fsp3) is 0.417. The van der Waals surface area contributed by atoms with E-state index in [1.807, 2.05) is 0 Å². The molecule has 0 fully saturated rings. The first-order valence-electron chi connectivity index (χ1n) is 5.53. The van der Waals surface area contributed by atoms with E-state index in [-0.39, 0.29) is 17.1 Å². The highest BCUT2D eigenvalue weighted by Crippen LogP contribution is 2.14. The Morgan fingerprint density at radius 2 is 1.83 bits per heavy atom. The highest BCUT2D eigenvalue weighted by molar-refractivity contribution is 7.91. The molecule has 0 aliphatic heterocycles. The Hall–Kier alpha value is -1.40. The summed E-state index contributed by atoms with van der Waals surface area (Å²) in [6.07, 6.45) is -0.534. The van der Waals surface area contributed by atoms with Gasteiger partial charge in [-0.15, -0.1) is 0 Å². The second-order valence-corrected chi connectivity index (χ2v) is 6.20. The average Bonchev–Trinajstić information content (AvgIpc) is 2.25. The quantitative estimate of drug-likeness (QED) is 0.801. The molecule has 1 unspecified atom stereocenters. The Kier molecular flexibility index (Phi) is 4.86. The fourth-order valence-corrected chi connectivity index (χ4v) is 2.91. The van der Waals surface area contributed by atoms with Gasteiger partial charge in [-0.1, -0.05) is 12.1 Å². The van der Waals surface area contributed by atoms with E-state index < -0.39 is 21.9 Å². The van der Waals surface area contributed by atoms with Crippen LogP contribution in [-0.4, -0.2) is 36.5 Å². The van der Waals surface area contributed by atoms with E-state index in [0.29, 0.717) is 6.42 Å². The van der Waals surface area contributed by atoms with Gasteiger partial charge in [0.1, 0.15) is 0 Å². The molecule has 6 heteroatoms. The van der Waals surface area contributed by atoms with E-state index in [4.69, 9.17) is 10.2 Å². The third-order valence-electron chi connectivity index (χ3n) is 2.37. The molecule has 5 nitrogen and oxygen atoms in total. The number of hydrogen-bond acceptors (Lipinski definition) is 4. The maximum Gasteiger partial charge on any atom is 0.303 e. The smallest absolute Gasteiger partial charge is 0.303 e. The molecule has 0 aliphatic rings. The summed E-state index contributed by atoms with van der Waals surface area (Å²) >= 11 is 0. The van der Waals surface area contributed by atoms with Crippen molar-refractivity contribution >= 4 is 15.8 Å². The van der Waals surface area contributed by atoms with Crippen LogP contribution in [0.25, 0.3) is 0 Å². The van der Waals surface area contributed by atoms with E-state index in [9.17, 15) is 13.2 Å². The minimum absolute atomic E-state index is 0.0137. The Morgan fingerprint density at radius 3 is 2.28 bits per heavy atom. The molecule has 0 radical (unpaired) electrons. The summed E-state index contributed by atoms with van der Waals surface area (Å²) in [6.45, 7) is 1.42. The number of carboxylic acid groups (broad SMARTS) is 1. The SMILES string of the molecule is CC(O)CS(=O)(=O)c1ccc(CCC(=O)O)cc1. The lowest BCUT2D eigenvalue weighted by Gasteiger charge is -2.07. The number of aliphatic hydroxyl groups excluding tert-OH is 1. The van der Waals surface area contributed by atoms with Gasteiger partial charge >= 0.3 is 5.97 Å². The molecule has 0 spiro atoms. The summed E-state index contributed by atoms with van der Waals surface area (Å²) in [5.74, 6) is -1.21. The lowest BCUT2D eigenvalue weighted by Crippen LogP contribution is -2.17. The maximum atomic E-state index is 11.8. The van der Waals surface area contributed by atoms with Gasteiger partial charge in [-0.05, 0) is 31.0 Å². The molecule has 0 amide bonds. The number of carboxylic acids is 1. The molecule has 1 aromatic carbocycles. The minimum atomic E-state index is -3.47. The lowest BCUT2D eigenvalue weighted by molar-refractivity contribution is -0.136. The highest BCUT2D eigenvalue weighted by Gasteiger charge is 2.16. The van der Waals surface area contributed by atoms with E-state index in [1.54, 1.807) is 12.1 Å². The van der Waals surface area contributed by atoms with Crippen molar-refractivity contribution in [2.24, 2.45) is 0 Å². The van der Waals surface area contributed by atoms with Gasteiger partial charge in [0.15, 0.2) is 9.84 Å². The number of aliphatic carboxylic acids is 1. The Morgan fingerprint density at radius 1 is 1.28 bits per heavy atom. The minimum Gasteiger partial charge on any atom is -0.481 e. The first-order valence-corrected chi connectivity index (χ1v) is 7.18. The summed E-state index contributed by atoms with van der Waals surface area (Å²) < 4.78 is 23.5. The third-order valence-corrected chi connectivity index (χ3v) is 4.28. The second-order valence-electron chi connectivity index (χ2n) is 4.17. The van der Waals surface area contributed by atoms with Crippen LogP contribution >= 0.6 is 0 Å². The van der Waals surface area contributed by atoms with Crippen molar-refractivity contribution < 1.29 is 23.4 Å². The summed E-state index contributed by atoms with van der Waals surface area (Å²) in [5.41, 5.74) is 0.772. The topological polar surface area (TPSA) is 91.7 Å². The van der Waals surface area contributed by atoms with Crippen LogP contribution in [0.1, 0.15) is 18.9 Å². The first kappa shape index (κ1) is 14.7. The molecular weight excluding hydrogens is 256 g/mol. The average molecular weight is 272 g/mol. The van der Waals surface area contributed by atoms with Gasteiger partial charge in [0.25, 0.3) is 0 Å². The molecule has 0 saturated heterocycles. The summed E-state index contributed by atoms with van der Waals surface area (Å²) in [5, 5.41) is 17.6. The molecule has 0 heterocycles. The van der Waals surface area contributed by atoms with Crippen molar-refractivity contribution in [1.29, 1.82) is 0 Å². The number of benzene rings is 1. The Balaban J connectivity index is 2.79. The van der Waals surface area contributed by atoms with Crippen molar-refractivity contribution in [3.05, 3.63) is 29.8 Å². The summed E-state index contributed by atoms with van der Waals surface area (Å²) in [6, 6.07) is 6.07. The predicted octanol–water partition coefficient (Wildman–Crippen LogP) is 0.858. The van der Waals surface area contributed by atoms with Crippen LogP contribution in [-0.2, 0) is 21.1 Å². The van der Waals surface area contributed by atoms with E-state index >= 15 is 0 Å². The Labute approximate surface area is 106 Å². The fourth-order valence-electron chi connectivity index (χ4n) is 1.53. The third kappa shape index (κ3) is 4.46. The molecule has 1 rings (SSSR count). The molecular formula is C12H16O5S. The van der Waals surface area contributed by atoms with Crippen molar-refractivity contribution in [3.63, 3.8) is 0 Å². The van der Waals surface area contributed by atoms with Gasteiger partial charge in [0.2, 0.25) is 0 Å². The molecule has 0 aromatic heterocycles. The largest absolute Gasteiger partial charge is 0.481 e. The second kappa shape index (κ2) is 5.97. The van der Waals surface area contributed by atoms with Gasteiger partial charge in [0.05, 0.1) is 16.8 Å². The van der Waals surface area contributed by atoms with Gasteiger partial charge in [-0.2, -0.15) is 0 Å². The molecule has 0 saturated carbocycles. The zero-order chi connectivity index (χ0) is 13.8. The van der Waals surface area contributed by atoms with Crippen LogP contribution in [0.5, 0.6) is 0 Å². The van der Waals surface area contributed by atoms with Crippen LogP contribution in [0.4, 0.5) is 0 Å². The molecule has 1 aromatic rings. The maximum absolute atomic E-state index is 11.8. The lowest BCUT2D eigenvalue weighted by atomic mass is 10.1. The van der Waals surface area contributed by atoms with Crippen LogP contribution in [0, 0.1) is 0 Å². The molecule has 1 atom stereocenters. The number of hydrogen-bond donors (Lipinski definition) is 2. The molecule has 0 bridgehead atoms. The number of aryl methyl sites for hydroxylation is 1. The zero-order valence-electron chi connectivity index (χ0n) is 10.0. The van der Waals surface area contributed by atoms with Crippen LogP contribution in [0.15, 0.2) is 29.2 Å². The molecule has 18 heavy (non-hydrogen) atoms. The summed E-state index contributed by atoms with van der Waals surface area (Å²) in [7, 11) is -3.47. The van der Waals surface area contributed by atoms with Crippen LogP contribution in [0.3, 0.4) is 0 Å². The van der Waals surface area contributed by atoms with Gasteiger partial charge in [-0.3, -0.25) is 4.79 Å². The van der Waals surface area contributed by atoms with E-state index in [2.05, 4.69) is 0 Å². The van der Waals surface area contributed by atoms with E-state index in [1.165, 1.54) is 19.1 Å². The standard InChI is InChI=1S/C12H16O5S/c1-9(13)8-18(16,17)11-5-2-10(3-6-11)4-7-12(14)15/h2-3,5-6,9,13H,4,7-8H2,1H3,(H,14,15). The van der Waals surface area contributed by atoms with Gasteiger partial charge < -0.3 is 10.2 Å². The number of carbonyl (C=O) groups is 1. The highest BCUT2D eigenvalue weighted by atomic mass is 32.2. The molecule has 100 valence electrons. The zero-order valence-corrected chi connectivity index (χ0v) is 10.9. The predicted molar refractivity (Wildman–Crippen MR) is 66.1 cm³/mol. The Bertz CT molecular complexity index is 502. The first-order chi connectivity index (χ1) is 8.31. The number of aliphatic hydroxyl groups is 1. The summed E-state index contributed by atoms with van der Waals surface area (Å²) in [4.78, 5) is 10.5. The monoisotopic (exact) mass is 272 g/mol. The van der Waals surface area contributed by atoms with Gasteiger partial charge in [0, 0.05) is 6.42 Å². The molecule has 0 aliphatic carbocycles. The van der Waals surface area contributed by atoms with Crippen molar-refractivity contribution in [2.75, 3.05) is 5.75 Å². The van der Waals surface area contributed by atoms with Crippen molar-refractivity contribution in [1.82, 2.24) is 0 Å². The van der Waals surface area contributed by atoms with Crippen LogP contribution < -0.4 is 0 Å². The van der Waals surface area contributed by atoms with E-state index in [0.717, 1.165) is 5.56 Å². The van der Waals surface area contributed by atoms with Crippen molar-refractivity contribution in [2.45, 2.75) is 30.8 Å². The number of rotatable bonds is 6. The normalized spacial score (nSPS) is 13.2.